The molecule has 0 fully saturated rings. The second kappa shape index (κ2) is 9.29. The Bertz CT molecular complexity index is 1220. The van der Waals surface area contributed by atoms with E-state index >= 15 is 0 Å². The second-order valence-electron chi connectivity index (χ2n) is 7.12. The topological polar surface area (TPSA) is 85.0 Å². The molecule has 3 aromatic carbocycles. The Kier molecular flexibility index (Phi) is 6.30. The van der Waals surface area contributed by atoms with E-state index in [9.17, 15) is 4.79 Å². The SMILES string of the molecule is Nc1nc2cc(NC(=O)Nc3ccc(Cl)c(Cl)c3)ccc2n1CCCc1ccccc1. The first-order valence-corrected chi connectivity index (χ1v) is 10.6. The number of rotatable bonds is 6. The van der Waals surface area contributed by atoms with Crippen molar-refractivity contribution in [2.45, 2.75) is 19.4 Å². The molecule has 4 rings (SSSR count). The van der Waals surface area contributed by atoms with Gasteiger partial charge in [0.2, 0.25) is 5.95 Å². The second-order valence-corrected chi connectivity index (χ2v) is 7.94. The number of fused-ring (bicyclic) bond motifs is 1. The highest BCUT2D eigenvalue weighted by molar-refractivity contribution is 6.42. The molecular formula is C23H21Cl2N5O. The number of nitrogen functional groups attached to an aromatic ring is 1. The number of anilines is 3. The van der Waals surface area contributed by atoms with Crippen molar-refractivity contribution in [2.75, 3.05) is 16.4 Å². The van der Waals surface area contributed by atoms with E-state index in [1.165, 1.54) is 5.56 Å². The van der Waals surface area contributed by atoms with Gasteiger partial charge in [0.05, 0.1) is 21.1 Å². The number of aromatic nitrogens is 2. The summed E-state index contributed by atoms with van der Waals surface area (Å²) in [7, 11) is 0. The molecule has 6 nitrogen and oxygen atoms in total. The predicted octanol–water partition coefficient (Wildman–Crippen LogP) is 6.20. The number of urea groups is 1. The number of benzene rings is 3. The summed E-state index contributed by atoms with van der Waals surface area (Å²) in [5.41, 5.74) is 10.2. The van der Waals surface area contributed by atoms with Crippen molar-refractivity contribution in [2.24, 2.45) is 0 Å². The molecule has 0 atom stereocenters. The lowest BCUT2D eigenvalue weighted by molar-refractivity contribution is 0.262. The summed E-state index contributed by atoms with van der Waals surface area (Å²) in [6.45, 7) is 0.766. The number of imidazole rings is 1. The summed E-state index contributed by atoms with van der Waals surface area (Å²) in [5.74, 6) is 0.459. The highest BCUT2D eigenvalue weighted by atomic mass is 35.5. The van der Waals surface area contributed by atoms with Gasteiger partial charge in [-0.3, -0.25) is 0 Å². The zero-order valence-corrected chi connectivity index (χ0v) is 18.1. The lowest BCUT2D eigenvalue weighted by atomic mass is 10.1. The number of halogens is 2. The van der Waals surface area contributed by atoms with E-state index in [2.05, 4.69) is 27.8 Å². The highest BCUT2D eigenvalue weighted by Crippen LogP contribution is 2.26. The fraction of sp³-hybridized carbons (Fsp3) is 0.130. The molecule has 0 saturated heterocycles. The Hall–Kier alpha value is -3.22. The molecule has 1 aromatic heterocycles. The summed E-state index contributed by atoms with van der Waals surface area (Å²) >= 11 is 11.9. The first-order valence-electron chi connectivity index (χ1n) is 9.82. The monoisotopic (exact) mass is 453 g/mol. The van der Waals surface area contributed by atoms with E-state index < -0.39 is 6.03 Å². The minimum Gasteiger partial charge on any atom is -0.369 e. The number of nitrogens with zero attached hydrogens (tertiary/aromatic N) is 2. The molecule has 158 valence electrons. The molecule has 0 aliphatic heterocycles. The number of carbonyl (C=O) groups is 1. The number of hydrogen-bond acceptors (Lipinski definition) is 3. The van der Waals surface area contributed by atoms with E-state index in [4.69, 9.17) is 28.9 Å². The van der Waals surface area contributed by atoms with Gasteiger partial charge < -0.3 is 20.9 Å². The van der Waals surface area contributed by atoms with E-state index in [0.717, 1.165) is 30.4 Å². The molecule has 0 saturated carbocycles. The average molecular weight is 454 g/mol. The Labute approximate surface area is 190 Å². The Balaban J connectivity index is 1.42. The first-order chi connectivity index (χ1) is 15.0. The molecule has 0 unspecified atom stereocenters. The minimum atomic E-state index is -0.395. The number of aryl methyl sites for hydroxylation is 2. The number of carbonyl (C=O) groups excluding carboxylic acids is 1. The summed E-state index contributed by atoms with van der Waals surface area (Å²) in [5, 5.41) is 6.31. The number of hydrogen-bond donors (Lipinski definition) is 3. The summed E-state index contributed by atoms with van der Waals surface area (Å²) in [6.07, 6.45) is 1.92. The van der Waals surface area contributed by atoms with Gasteiger partial charge in [-0.1, -0.05) is 53.5 Å². The molecule has 0 spiro atoms. The summed E-state index contributed by atoms with van der Waals surface area (Å²) in [4.78, 5) is 16.8. The standard InChI is InChI=1S/C23H21Cl2N5O/c24-18-10-8-16(13-19(18)25)27-23(31)28-17-9-11-21-20(14-17)29-22(26)30(21)12-4-7-15-5-2-1-3-6-15/h1-3,5-6,8-11,13-14H,4,7,12H2,(H2,26,29)(H2,27,28,31). The summed E-state index contributed by atoms with van der Waals surface area (Å²) < 4.78 is 2.00. The normalized spacial score (nSPS) is 10.9. The zero-order chi connectivity index (χ0) is 21.8. The van der Waals surface area contributed by atoms with Crippen molar-refractivity contribution in [1.29, 1.82) is 0 Å². The molecule has 4 aromatic rings. The quantitative estimate of drug-likeness (QED) is 0.324. The van der Waals surface area contributed by atoms with Crippen LogP contribution < -0.4 is 16.4 Å². The van der Waals surface area contributed by atoms with Crippen molar-refractivity contribution in [3.05, 3.63) is 82.3 Å². The molecule has 0 bridgehead atoms. The van der Waals surface area contributed by atoms with Crippen molar-refractivity contribution >= 4 is 57.6 Å². The lowest BCUT2D eigenvalue weighted by Crippen LogP contribution is -2.19. The van der Waals surface area contributed by atoms with Gasteiger partial charge in [-0.05, 0) is 54.8 Å². The maximum atomic E-state index is 12.3. The summed E-state index contributed by atoms with van der Waals surface area (Å²) in [6, 6.07) is 20.4. The van der Waals surface area contributed by atoms with E-state index in [0.29, 0.717) is 27.4 Å². The van der Waals surface area contributed by atoms with E-state index in [-0.39, 0.29) is 0 Å². The molecular weight excluding hydrogens is 433 g/mol. The smallest absolute Gasteiger partial charge is 0.323 e. The fourth-order valence-electron chi connectivity index (χ4n) is 3.41. The van der Waals surface area contributed by atoms with Crippen LogP contribution in [0.15, 0.2) is 66.7 Å². The average Bonchev–Trinajstić information content (AvgIpc) is 3.06. The van der Waals surface area contributed by atoms with E-state index in [1.807, 2.05) is 34.9 Å². The van der Waals surface area contributed by atoms with Gasteiger partial charge in [0.1, 0.15) is 0 Å². The number of amides is 2. The van der Waals surface area contributed by atoms with Gasteiger partial charge in [0, 0.05) is 17.9 Å². The fourth-order valence-corrected chi connectivity index (χ4v) is 3.71. The Morgan fingerprint density at radius 3 is 2.39 bits per heavy atom. The van der Waals surface area contributed by atoms with Crippen molar-refractivity contribution < 1.29 is 4.79 Å². The predicted molar refractivity (Wildman–Crippen MR) is 128 cm³/mol. The highest BCUT2D eigenvalue weighted by Gasteiger charge is 2.11. The van der Waals surface area contributed by atoms with Crippen LogP contribution in [0.3, 0.4) is 0 Å². The van der Waals surface area contributed by atoms with Gasteiger partial charge >= 0.3 is 6.03 Å². The first kappa shape index (κ1) is 21.0. The van der Waals surface area contributed by atoms with Crippen LogP contribution >= 0.6 is 23.2 Å². The molecule has 31 heavy (non-hydrogen) atoms. The van der Waals surface area contributed by atoms with Crippen LogP contribution in [-0.2, 0) is 13.0 Å². The van der Waals surface area contributed by atoms with Crippen LogP contribution in [0.2, 0.25) is 10.0 Å². The molecule has 8 heteroatoms. The largest absolute Gasteiger partial charge is 0.369 e. The van der Waals surface area contributed by atoms with Crippen LogP contribution in [0, 0.1) is 0 Å². The third kappa shape index (κ3) is 5.10. The maximum Gasteiger partial charge on any atom is 0.323 e. The third-order valence-corrected chi connectivity index (χ3v) is 5.64. The van der Waals surface area contributed by atoms with Gasteiger partial charge in [-0.15, -0.1) is 0 Å². The molecule has 0 aliphatic carbocycles. The minimum absolute atomic E-state index is 0.370. The molecule has 4 N–H and O–H groups in total. The van der Waals surface area contributed by atoms with Crippen LogP contribution in [-0.4, -0.2) is 15.6 Å². The van der Waals surface area contributed by atoms with Crippen molar-refractivity contribution in [3.63, 3.8) is 0 Å². The van der Waals surface area contributed by atoms with Gasteiger partial charge in [0.15, 0.2) is 0 Å². The molecule has 1 heterocycles. The molecule has 2 amide bonds. The van der Waals surface area contributed by atoms with Crippen LogP contribution in [0.5, 0.6) is 0 Å². The van der Waals surface area contributed by atoms with Gasteiger partial charge in [-0.2, -0.15) is 0 Å². The van der Waals surface area contributed by atoms with E-state index in [1.54, 1.807) is 24.3 Å². The third-order valence-electron chi connectivity index (χ3n) is 4.90. The van der Waals surface area contributed by atoms with Crippen LogP contribution in [0.1, 0.15) is 12.0 Å². The van der Waals surface area contributed by atoms with Gasteiger partial charge in [0.25, 0.3) is 0 Å². The number of nitrogens with one attached hydrogen (secondary N) is 2. The lowest BCUT2D eigenvalue weighted by Gasteiger charge is -2.09. The molecule has 0 radical (unpaired) electrons. The van der Waals surface area contributed by atoms with Gasteiger partial charge in [-0.25, -0.2) is 9.78 Å². The Morgan fingerprint density at radius 2 is 1.65 bits per heavy atom. The Morgan fingerprint density at radius 1 is 0.935 bits per heavy atom. The van der Waals surface area contributed by atoms with Crippen molar-refractivity contribution in [1.82, 2.24) is 9.55 Å². The van der Waals surface area contributed by atoms with Crippen molar-refractivity contribution in [3.8, 4) is 0 Å². The van der Waals surface area contributed by atoms with Crippen LogP contribution in [0.4, 0.5) is 22.1 Å². The zero-order valence-electron chi connectivity index (χ0n) is 16.6. The molecule has 0 aliphatic rings. The number of nitrogens with two attached hydrogens (primary N) is 1. The maximum absolute atomic E-state index is 12.3. The van der Waals surface area contributed by atoms with Crippen LogP contribution in [0.25, 0.3) is 11.0 Å².